The van der Waals surface area contributed by atoms with Crippen LogP contribution in [0.25, 0.3) is 16.5 Å². The van der Waals surface area contributed by atoms with E-state index in [1.54, 1.807) is 22.3 Å². The molecule has 0 atom stereocenters. The first-order chi connectivity index (χ1) is 13.2. The second kappa shape index (κ2) is 7.72. The fourth-order valence-electron chi connectivity index (χ4n) is 2.37. The highest BCUT2D eigenvalue weighted by Gasteiger charge is 2.13. The highest BCUT2D eigenvalue weighted by Crippen LogP contribution is 2.27. The summed E-state index contributed by atoms with van der Waals surface area (Å²) < 4.78 is 7.16. The maximum atomic E-state index is 11.2. The normalized spacial score (nSPS) is 10.9. The van der Waals surface area contributed by atoms with Crippen molar-refractivity contribution >= 4 is 34.7 Å². The van der Waals surface area contributed by atoms with Gasteiger partial charge in [0, 0.05) is 18.4 Å². The van der Waals surface area contributed by atoms with E-state index in [2.05, 4.69) is 25.8 Å². The van der Waals surface area contributed by atoms with Crippen LogP contribution in [0.3, 0.4) is 0 Å². The van der Waals surface area contributed by atoms with Gasteiger partial charge in [-0.3, -0.25) is 4.79 Å². The van der Waals surface area contributed by atoms with Crippen LogP contribution in [0.4, 0.5) is 5.69 Å². The summed E-state index contributed by atoms with van der Waals surface area (Å²) in [7, 11) is 0. The van der Waals surface area contributed by atoms with E-state index in [0.717, 1.165) is 16.3 Å². The van der Waals surface area contributed by atoms with Crippen LogP contribution in [-0.4, -0.2) is 31.1 Å². The van der Waals surface area contributed by atoms with Gasteiger partial charge in [0.2, 0.25) is 17.0 Å². The smallest absolute Gasteiger partial charge is 0.236 e. The molecular weight excluding hydrogens is 384 g/mol. The Morgan fingerprint density at radius 2 is 2.26 bits per heavy atom. The Balaban J connectivity index is 1.49. The number of rotatable bonds is 6. The van der Waals surface area contributed by atoms with E-state index in [1.807, 2.05) is 41.8 Å². The number of hydrogen-bond donors (Lipinski definition) is 1. The topological polar surface area (TPSA) is 98.7 Å². The van der Waals surface area contributed by atoms with Gasteiger partial charge in [-0.25, -0.2) is 4.98 Å². The summed E-state index contributed by atoms with van der Waals surface area (Å²) in [6.07, 6.45) is 1.65. The van der Waals surface area contributed by atoms with Gasteiger partial charge in [0.1, 0.15) is 6.26 Å². The van der Waals surface area contributed by atoms with E-state index < -0.39 is 0 Å². The predicted octanol–water partition coefficient (Wildman–Crippen LogP) is 3.63. The molecular formula is C17H14N6O2S2. The van der Waals surface area contributed by atoms with Gasteiger partial charge < -0.3 is 9.73 Å². The van der Waals surface area contributed by atoms with Crippen molar-refractivity contribution in [3.63, 3.8) is 0 Å². The number of aromatic nitrogens is 5. The maximum Gasteiger partial charge on any atom is 0.236 e. The minimum atomic E-state index is -0.133. The quantitative estimate of drug-likeness (QED) is 0.495. The third kappa shape index (κ3) is 4.07. The van der Waals surface area contributed by atoms with Crippen molar-refractivity contribution in [2.24, 2.45) is 0 Å². The Morgan fingerprint density at radius 1 is 1.33 bits per heavy atom. The number of anilines is 1. The molecule has 4 rings (SSSR count). The van der Waals surface area contributed by atoms with Crippen LogP contribution in [0.15, 0.2) is 57.6 Å². The molecule has 27 heavy (non-hydrogen) atoms. The first-order valence-electron chi connectivity index (χ1n) is 7.96. The highest BCUT2D eigenvalue weighted by atomic mass is 32.2. The van der Waals surface area contributed by atoms with Crippen LogP contribution in [0.1, 0.15) is 12.6 Å². The van der Waals surface area contributed by atoms with Crippen LogP contribution in [0.5, 0.6) is 0 Å². The molecule has 0 spiro atoms. The second-order valence-electron chi connectivity index (χ2n) is 5.51. The summed E-state index contributed by atoms with van der Waals surface area (Å²) in [5.41, 5.74) is 2.25. The molecule has 0 aliphatic carbocycles. The van der Waals surface area contributed by atoms with Gasteiger partial charge >= 0.3 is 0 Å². The van der Waals surface area contributed by atoms with Gasteiger partial charge in [0.25, 0.3) is 0 Å². The molecule has 1 aromatic carbocycles. The molecule has 0 bridgehead atoms. The molecule has 0 aliphatic heterocycles. The molecule has 0 saturated carbocycles. The molecule has 0 unspecified atom stereocenters. The SMILES string of the molecule is CC(=O)Nc1cccc(-n2nnnc2SCc2coc(-c3cccs3)n2)c1. The molecule has 0 fully saturated rings. The van der Waals surface area contributed by atoms with Gasteiger partial charge in [-0.05, 0) is 40.1 Å². The van der Waals surface area contributed by atoms with Crippen molar-refractivity contribution in [2.75, 3.05) is 5.32 Å². The number of carbonyl (C=O) groups excluding carboxylic acids is 1. The Hall–Kier alpha value is -2.98. The van der Waals surface area contributed by atoms with Crippen LogP contribution < -0.4 is 5.32 Å². The lowest BCUT2D eigenvalue weighted by Gasteiger charge is -2.06. The number of benzene rings is 1. The van der Waals surface area contributed by atoms with Crippen molar-refractivity contribution in [1.82, 2.24) is 25.2 Å². The molecule has 136 valence electrons. The molecule has 8 nitrogen and oxygen atoms in total. The fourth-order valence-corrected chi connectivity index (χ4v) is 3.80. The monoisotopic (exact) mass is 398 g/mol. The van der Waals surface area contributed by atoms with E-state index in [1.165, 1.54) is 18.7 Å². The number of oxazole rings is 1. The van der Waals surface area contributed by atoms with Crippen molar-refractivity contribution in [3.8, 4) is 16.5 Å². The van der Waals surface area contributed by atoms with E-state index in [0.29, 0.717) is 22.5 Å². The van der Waals surface area contributed by atoms with Gasteiger partial charge in [-0.1, -0.05) is 23.9 Å². The van der Waals surface area contributed by atoms with Gasteiger partial charge in [-0.2, -0.15) is 4.68 Å². The zero-order valence-corrected chi connectivity index (χ0v) is 15.8. The molecule has 4 aromatic rings. The molecule has 0 radical (unpaired) electrons. The number of nitrogens with one attached hydrogen (secondary N) is 1. The summed E-state index contributed by atoms with van der Waals surface area (Å²) in [5, 5.41) is 17.2. The molecule has 1 amide bonds. The van der Waals surface area contributed by atoms with Gasteiger partial charge in [0.15, 0.2) is 0 Å². The summed E-state index contributed by atoms with van der Waals surface area (Å²) in [4.78, 5) is 16.7. The number of nitrogens with zero attached hydrogens (tertiary/aromatic N) is 5. The zero-order chi connectivity index (χ0) is 18.6. The van der Waals surface area contributed by atoms with Crippen molar-refractivity contribution < 1.29 is 9.21 Å². The number of thiophene rings is 1. The number of thioether (sulfide) groups is 1. The first-order valence-corrected chi connectivity index (χ1v) is 9.83. The minimum Gasteiger partial charge on any atom is -0.444 e. The van der Waals surface area contributed by atoms with E-state index in [9.17, 15) is 4.79 Å². The summed E-state index contributed by atoms with van der Waals surface area (Å²) in [6.45, 7) is 1.47. The second-order valence-corrected chi connectivity index (χ2v) is 7.40. The molecule has 0 aliphatic rings. The number of tetrazole rings is 1. The molecule has 0 saturated heterocycles. The van der Waals surface area contributed by atoms with Crippen molar-refractivity contribution in [2.45, 2.75) is 17.8 Å². The molecule has 1 N–H and O–H groups in total. The Morgan fingerprint density at radius 3 is 3.07 bits per heavy atom. The van der Waals surface area contributed by atoms with Crippen LogP contribution in [-0.2, 0) is 10.5 Å². The van der Waals surface area contributed by atoms with Crippen LogP contribution >= 0.6 is 23.1 Å². The van der Waals surface area contributed by atoms with Crippen molar-refractivity contribution in [3.05, 3.63) is 53.7 Å². The highest BCUT2D eigenvalue weighted by molar-refractivity contribution is 7.98. The largest absolute Gasteiger partial charge is 0.444 e. The third-order valence-corrected chi connectivity index (χ3v) is 5.30. The van der Waals surface area contributed by atoms with Gasteiger partial charge in [0.05, 0.1) is 16.3 Å². The summed E-state index contributed by atoms with van der Waals surface area (Å²) in [5.74, 6) is 1.05. The van der Waals surface area contributed by atoms with E-state index >= 15 is 0 Å². The Kier molecular flexibility index (Phi) is 4.99. The Bertz CT molecular complexity index is 1060. The minimum absolute atomic E-state index is 0.133. The molecule has 10 heteroatoms. The van der Waals surface area contributed by atoms with Crippen LogP contribution in [0, 0.1) is 0 Å². The molecule has 3 heterocycles. The lowest BCUT2D eigenvalue weighted by molar-refractivity contribution is -0.114. The summed E-state index contributed by atoms with van der Waals surface area (Å²) >= 11 is 3.03. The Labute approximate surface area is 162 Å². The number of carbonyl (C=O) groups is 1. The van der Waals surface area contributed by atoms with Crippen molar-refractivity contribution in [1.29, 1.82) is 0 Å². The average Bonchev–Trinajstić information content (AvgIpc) is 3.39. The predicted molar refractivity (Wildman–Crippen MR) is 103 cm³/mol. The summed E-state index contributed by atoms with van der Waals surface area (Å²) in [6, 6.07) is 11.3. The third-order valence-electron chi connectivity index (χ3n) is 3.48. The van der Waals surface area contributed by atoms with E-state index in [4.69, 9.17) is 4.42 Å². The number of amides is 1. The lowest BCUT2D eigenvalue weighted by atomic mass is 10.3. The number of hydrogen-bond acceptors (Lipinski definition) is 8. The lowest BCUT2D eigenvalue weighted by Crippen LogP contribution is -2.07. The maximum absolute atomic E-state index is 11.2. The fraction of sp³-hybridized carbons (Fsp3) is 0.118. The van der Waals surface area contributed by atoms with Crippen LogP contribution in [0.2, 0.25) is 0 Å². The van der Waals surface area contributed by atoms with E-state index in [-0.39, 0.29) is 5.91 Å². The standard InChI is InChI=1S/C17H14N6O2S2/c1-11(24)18-12-4-2-5-14(8-12)23-17(20-21-22-23)27-10-13-9-25-16(19-13)15-6-3-7-26-15/h2-9H,10H2,1H3,(H,18,24). The van der Waals surface area contributed by atoms with Gasteiger partial charge in [-0.15, -0.1) is 16.4 Å². The average molecular weight is 398 g/mol. The first kappa shape index (κ1) is 17.4. The zero-order valence-electron chi connectivity index (χ0n) is 14.2. The molecule has 3 aromatic heterocycles.